The Morgan fingerprint density at radius 2 is 2.35 bits per heavy atom. The monoisotopic (exact) mass is 273 g/mol. The van der Waals surface area contributed by atoms with E-state index >= 15 is 0 Å². The molecule has 0 bridgehead atoms. The summed E-state index contributed by atoms with van der Waals surface area (Å²) >= 11 is 5.79. The van der Waals surface area contributed by atoms with Crippen molar-refractivity contribution in [2.24, 2.45) is 0 Å². The van der Waals surface area contributed by atoms with Gasteiger partial charge < -0.3 is 5.32 Å². The number of rotatable bonds is 5. The molecule has 92 valence electrons. The molecule has 0 spiro atoms. The smallest absolute Gasteiger partial charge is 0.226 e. The van der Waals surface area contributed by atoms with Crippen LogP contribution in [0.3, 0.4) is 0 Å². The summed E-state index contributed by atoms with van der Waals surface area (Å²) in [5.74, 6) is 1.32. The van der Waals surface area contributed by atoms with E-state index in [1.54, 1.807) is 12.5 Å². The third-order valence-electron chi connectivity index (χ3n) is 2.18. The number of aromatic nitrogens is 4. The Morgan fingerprint density at radius 3 is 3.12 bits per heavy atom. The second kappa shape index (κ2) is 5.42. The molecule has 0 radical (unpaired) electrons. The van der Waals surface area contributed by atoms with Crippen molar-refractivity contribution in [2.45, 2.75) is 6.42 Å². The fraction of sp³-hybridized carbons (Fsp3) is 0.444. The van der Waals surface area contributed by atoms with Crippen LogP contribution in [-0.2, 0) is 10.8 Å². The molecule has 2 heterocycles. The first-order valence-corrected chi connectivity index (χ1v) is 7.18. The molecule has 0 saturated carbocycles. The summed E-state index contributed by atoms with van der Waals surface area (Å²) in [7, 11) is -0.765. The number of H-pyrrole nitrogens is 1. The van der Waals surface area contributed by atoms with Gasteiger partial charge in [0.2, 0.25) is 5.28 Å². The quantitative estimate of drug-likeness (QED) is 0.631. The molecule has 8 heteroatoms. The van der Waals surface area contributed by atoms with Crippen LogP contribution in [0.2, 0.25) is 5.28 Å². The summed E-state index contributed by atoms with van der Waals surface area (Å²) in [6.45, 7) is 0.688. The second-order valence-corrected chi connectivity index (χ2v) is 5.42. The highest BCUT2D eigenvalue weighted by molar-refractivity contribution is 7.84. The van der Waals surface area contributed by atoms with Crippen LogP contribution >= 0.6 is 11.6 Å². The van der Waals surface area contributed by atoms with E-state index in [-0.39, 0.29) is 5.28 Å². The average Bonchev–Trinajstić information content (AvgIpc) is 2.71. The zero-order valence-electron chi connectivity index (χ0n) is 9.23. The minimum Gasteiger partial charge on any atom is -0.369 e. The van der Waals surface area contributed by atoms with Gasteiger partial charge >= 0.3 is 0 Å². The van der Waals surface area contributed by atoms with Gasteiger partial charge in [0, 0.05) is 29.4 Å². The average molecular weight is 274 g/mol. The Morgan fingerprint density at radius 1 is 1.53 bits per heavy atom. The molecular weight excluding hydrogens is 262 g/mol. The molecule has 17 heavy (non-hydrogen) atoms. The maximum Gasteiger partial charge on any atom is 0.226 e. The fourth-order valence-corrected chi connectivity index (χ4v) is 2.14. The molecule has 2 aromatic rings. The van der Waals surface area contributed by atoms with Crippen molar-refractivity contribution in [2.75, 3.05) is 23.9 Å². The predicted molar refractivity (Wildman–Crippen MR) is 68.7 cm³/mol. The van der Waals surface area contributed by atoms with E-state index < -0.39 is 10.8 Å². The summed E-state index contributed by atoms with van der Waals surface area (Å²) < 4.78 is 10.9. The van der Waals surface area contributed by atoms with Gasteiger partial charge in [-0.15, -0.1) is 0 Å². The second-order valence-electron chi connectivity index (χ2n) is 3.53. The molecule has 2 N–H and O–H groups in total. The standard InChI is InChI=1S/C9H12ClN5OS/c1-17(16)4-2-3-11-7-6-5-12-15-8(6)14-9(10)13-7/h5H,2-4H2,1H3,(H2,11,12,13,14,15). The van der Waals surface area contributed by atoms with Crippen molar-refractivity contribution in [1.82, 2.24) is 20.2 Å². The summed E-state index contributed by atoms with van der Waals surface area (Å²) in [5.41, 5.74) is 0.603. The molecule has 0 aromatic carbocycles. The van der Waals surface area contributed by atoms with Crippen molar-refractivity contribution in [1.29, 1.82) is 0 Å². The van der Waals surface area contributed by atoms with Gasteiger partial charge in [-0.25, -0.2) is 0 Å². The van der Waals surface area contributed by atoms with Gasteiger partial charge in [-0.3, -0.25) is 9.31 Å². The molecule has 0 aliphatic rings. The molecule has 1 unspecified atom stereocenters. The van der Waals surface area contributed by atoms with Crippen LogP contribution in [0.25, 0.3) is 11.0 Å². The molecule has 2 aromatic heterocycles. The normalized spacial score (nSPS) is 12.8. The van der Waals surface area contributed by atoms with E-state index in [0.717, 1.165) is 11.8 Å². The number of nitrogens with one attached hydrogen (secondary N) is 2. The summed E-state index contributed by atoms with van der Waals surface area (Å²) in [4.78, 5) is 8.10. The topological polar surface area (TPSA) is 83.6 Å². The predicted octanol–water partition coefficient (Wildman–Crippen LogP) is 1.19. The lowest BCUT2D eigenvalue weighted by molar-refractivity contribution is 0.685. The summed E-state index contributed by atoms with van der Waals surface area (Å²) in [6, 6.07) is 0. The van der Waals surface area contributed by atoms with Crippen LogP contribution in [0.4, 0.5) is 5.82 Å². The highest BCUT2D eigenvalue weighted by atomic mass is 35.5. The number of anilines is 1. The van der Waals surface area contributed by atoms with Gasteiger partial charge in [-0.1, -0.05) is 0 Å². The maximum atomic E-state index is 10.9. The number of nitrogens with zero attached hydrogens (tertiary/aromatic N) is 3. The van der Waals surface area contributed by atoms with Gasteiger partial charge in [-0.05, 0) is 18.0 Å². The molecule has 0 amide bonds. The van der Waals surface area contributed by atoms with Gasteiger partial charge in [0.05, 0.1) is 11.6 Å². The van der Waals surface area contributed by atoms with E-state index in [9.17, 15) is 4.21 Å². The lowest BCUT2D eigenvalue weighted by Crippen LogP contribution is -2.08. The van der Waals surface area contributed by atoms with E-state index in [1.807, 2.05) is 0 Å². The van der Waals surface area contributed by atoms with Crippen LogP contribution in [-0.4, -0.2) is 42.9 Å². The van der Waals surface area contributed by atoms with Crippen LogP contribution in [0.1, 0.15) is 6.42 Å². The van der Waals surface area contributed by atoms with Gasteiger partial charge in [-0.2, -0.15) is 15.1 Å². The van der Waals surface area contributed by atoms with Crippen LogP contribution in [0.5, 0.6) is 0 Å². The summed E-state index contributed by atoms with van der Waals surface area (Å²) in [6.07, 6.45) is 4.14. The number of aromatic amines is 1. The Labute approximate surface area is 106 Å². The maximum absolute atomic E-state index is 10.9. The number of hydrogen-bond donors (Lipinski definition) is 2. The number of halogens is 1. The van der Waals surface area contributed by atoms with Crippen molar-refractivity contribution in [3.05, 3.63) is 11.5 Å². The van der Waals surface area contributed by atoms with E-state index in [4.69, 9.17) is 11.6 Å². The number of hydrogen-bond acceptors (Lipinski definition) is 5. The van der Waals surface area contributed by atoms with Crippen molar-refractivity contribution in [3.8, 4) is 0 Å². The minimum atomic E-state index is -0.765. The molecule has 0 fully saturated rings. The molecule has 0 aliphatic heterocycles. The largest absolute Gasteiger partial charge is 0.369 e. The van der Waals surface area contributed by atoms with Crippen LogP contribution in [0, 0.1) is 0 Å². The van der Waals surface area contributed by atoms with E-state index in [1.165, 1.54) is 0 Å². The lowest BCUT2D eigenvalue weighted by Gasteiger charge is -2.05. The SMILES string of the molecule is CS(=O)CCCNc1nc(Cl)nc2[nH]ncc12. The van der Waals surface area contributed by atoms with Crippen molar-refractivity contribution >= 4 is 39.3 Å². The van der Waals surface area contributed by atoms with Gasteiger partial charge in [0.15, 0.2) is 5.65 Å². The highest BCUT2D eigenvalue weighted by Crippen LogP contribution is 2.19. The molecule has 0 aliphatic carbocycles. The summed E-state index contributed by atoms with van der Waals surface area (Å²) in [5, 5.41) is 10.7. The lowest BCUT2D eigenvalue weighted by atomic mass is 10.4. The molecule has 1 atom stereocenters. The first kappa shape index (κ1) is 12.3. The molecule has 2 rings (SSSR count). The van der Waals surface area contributed by atoms with E-state index in [2.05, 4.69) is 25.5 Å². The molecule has 6 nitrogen and oxygen atoms in total. The Kier molecular flexibility index (Phi) is 3.90. The first-order chi connectivity index (χ1) is 8.16. The van der Waals surface area contributed by atoms with Crippen molar-refractivity contribution < 1.29 is 4.21 Å². The fourth-order valence-electron chi connectivity index (χ4n) is 1.42. The third kappa shape index (κ3) is 3.13. The Bertz CT molecular complexity index is 543. The highest BCUT2D eigenvalue weighted by Gasteiger charge is 2.07. The molecular formula is C9H12ClN5OS. The Balaban J connectivity index is 2.07. The van der Waals surface area contributed by atoms with Gasteiger partial charge in [0.1, 0.15) is 5.82 Å². The zero-order chi connectivity index (χ0) is 12.3. The Hall–Kier alpha value is -1.21. The van der Waals surface area contributed by atoms with Crippen molar-refractivity contribution in [3.63, 3.8) is 0 Å². The zero-order valence-corrected chi connectivity index (χ0v) is 10.8. The minimum absolute atomic E-state index is 0.170. The third-order valence-corrected chi connectivity index (χ3v) is 3.22. The first-order valence-electron chi connectivity index (χ1n) is 5.07. The van der Waals surface area contributed by atoms with Gasteiger partial charge in [0.25, 0.3) is 0 Å². The van der Waals surface area contributed by atoms with Crippen LogP contribution < -0.4 is 5.32 Å². The van der Waals surface area contributed by atoms with Crippen LogP contribution in [0.15, 0.2) is 6.20 Å². The molecule has 0 saturated heterocycles. The van der Waals surface area contributed by atoms with E-state index in [0.29, 0.717) is 23.8 Å². The number of fused-ring (bicyclic) bond motifs is 1.